The van der Waals surface area contributed by atoms with Crippen LogP contribution in [0.5, 0.6) is 0 Å². The van der Waals surface area contributed by atoms with Gasteiger partial charge in [0, 0.05) is 0 Å². The van der Waals surface area contributed by atoms with Crippen LogP contribution in [0.1, 0.15) is 25.0 Å². The van der Waals surface area contributed by atoms with Crippen LogP contribution in [0.15, 0.2) is 27.4 Å². The second kappa shape index (κ2) is 4.99. The maximum absolute atomic E-state index is 5.60. The highest BCUT2D eigenvalue weighted by Crippen LogP contribution is 2.22. The van der Waals surface area contributed by atoms with Gasteiger partial charge < -0.3 is 14.2 Å². The van der Waals surface area contributed by atoms with Crippen LogP contribution in [0.2, 0.25) is 0 Å². The van der Waals surface area contributed by atoms with Crippen molar-refractivity contribution in [3.8, 4) is 11.3 Å². The quantitative estimate of drug-likeness (QED) is 0.787. The molecule has 0 bridgehead atoms. The SMILES string of the molecule is CCCNCc1ncc(-c2coc(C)c2)o1. The number of hydrogen-bond acceptors (Lipinski definition) is 4. The van der Waals surface area contributed by atoms with Crippen molar-refractivity contribution in [2.75, 3.05) is 6.54 Å². The molecule has 0 unspecified atom stereocenters. The molecular weight excluding hydrogens is 204 g/mol. The van der Waals surface area contributed by atoms with Crippen LogP contribution in [-0.2, 0) is 6.54 Å². The van der Waals surface area contributed by atoms with Crippen LogP contribution in [0.4, 0.5) is 0 Å². The predicted molar refractivity (Wildman–Crippen MR) is 60.9 cm³/mol. The number of nitrogens with one attached hydrogen (secondary N) is 1. The summed E-state index contributed by atoms with van der Waals surface area (Å²) >= 11 is 0. The lowest BCUT2D eigenvalue weighted by molar-refractivity contribution is 0.476. The standard InChI is InChI=1S/C12H16N2O2/c1-3-4-13-7-12-14-6-11(16-12)10-5-9(2)15-8-10/h5-6,8,13H,3-4,7H2,1-2H3. The van der Waals surface area contributed by atoms with Crippen molar-refractivity contribution in [2.24, 2.45) is 0 Å². The summed E-state index contributed by atoms with van der Waals surface area (Å²) < 4.78 is 10.8. The summed E-state index contributed by atoms with van der Waals surface area (Å²) in [6, 6.07) is 1.93. The molecule has 0 spiro atoms. The minimum atomic E-state index is 0.671. The van der Waals surface area contributed by atoms with Crippen LogP contribution in [0.3, 0.4) is 0 Å². The molecule has 0 amide bonds. The lowest BCUT2D eigenvalue weighted by Crippen LogP contribution is -2.13. The fourth-order valence-corrected chi connectivity index (χ4v) is 1.47. The third kappa shape index (κ3) is 2.52. The minimum Gasteiger partial charge on any atom is -0.469 e. The molecule has 0 saturated carbocycles. The third-order valence-electron chi connectivity index (χ3n) is 2.27. The molecule has 0 aliphatic carbocycles. The first-order valence-electron chi connectivity index (χ1n) is 5.50. The van der Waals surface area contributed by atoms with Crippen molar-refractivity contribution in [3.63, 3.8) is 0 Å². The smallest absolute Gasteiger partial charge is 0.208 e. The lowest BCUT2D eigenvalue weighted by Gasteiger charge is -1.97. The first-order chi connectivity index (χ1) is 7.79. The van der Waals surface area contributed by atoms with Gasteiger partial charge in [0.2, 0.25) is 5.89 Å². The van der Waals surface area contributed by atoms with Crippen molar-refractivity contribution >= 4 is 0 Å². The van der Waals surface area contributed by atoms with E-state index in [0.717, 1.165) is 30.0 Å². The topological polar surface area (TPSA) is 51.2 Å². The third-order valence-corrected chi connectivity index (χ3v) is 2.27. The lowest BCUT2D eigenvalue weighted by atomic mass is 10.3. The molecule has 2 heterocycles. The average Bonchev–Trinajstić information content (AvgIpc) is 2.87. The summed E-state index contributed by atoms with van der Waals surface area (Å²) in [5.41, 5.74) is 0.937. The van der Waals surface area contributed by atoms with Gasteiger partial charge in [-0.05, 0) is 26.0 Å². The Morgan fingerprint density at radius 1 is 1.44 bits per heavy atom. The number of aromatic nitrogens is 1. The van der Waals surface area contributed by atoms with E-state index in [1.54, 1.807) is 12.5 Å². The number of hydrogen-bond donors (Lipinski definition) is 1. The molecule has 0 saturated heterocycles. The second-order valence-electron chi connectivity index (χ2n) is 3.74. The van der Waals surface area contributed by atoms with Crippen molar-refractivity contribution in [3.05, 3.63) is 30.2 Å². The Kier molecular flexibility index (Phi) is 3.41. The van der Waals surface area contributed by atoms with Gasteiger partial charge in [-0.25, -0.2) is 4.98 Å². The van der Waals surface area contributed by atoms with Crippen LogP contribution < -0.4 is 5.32 Å². The predicted octanol–water partition coefficient (Wildman–Crippen LogP) is 2.74. The molecule has 2 aromatic rings. The van der Waals surface area contributed by atoms with E-state index in [2.05, 4.69) is 17.2 Å². The molecule has 4 heteroatoms. The van der Waals surface area contributed by atoms with E-state index in [-0.39, 0.29) is 0 Å². The zero-order valence-corrected chi connectivity index (χ0v) is 9.62. The normalized spacial score (nSPS) is 10.9. The molecule has 16 heavy (non-hydrogen) atoms. The fourth-order valence-electron chi connectivity index (χ4n) is 1.47. The van der Waals surface area contributed by atoms with E-state index in [0.29, 0.717) is 12.4 Å². The minimum absolute atomic E-state index is 0.671. The Hall–Kier alpha value is -1.55. The summed E-state index contributed by atoms with van der Waals surface area (Å²) in [4.78, 5) is 4.20. The van der Waals surface area contributed by atoms with E-state index in [1.807, 2.05) is 13.0 Å². The number of rotatable bonds is 5. The van der Waals surface area contributed by atoms with Gasteiger partial charge in [-0.3, -0.25) is 0 Å². The van der Waals surface area contributed by atoms with Gasteiger partial charge in [0.1, 0.15) is 12.0 Å². The number of aryl methyl sites for hydroxylation is 1. The van der Waals surface area contributed by atoms with E-state index in [9.17, 15) is 0 Å². The van der Waals surface area contributed by atoms with Gasteiger partial charge >= 0.3 is 0 Å². The average molecular weight is 220 g/mol. The number of furan rings is 1. The molecule has 4 nitrogen and oxygen atoms in total. The van der Waals surface area contributed by atoms with Crippen molar-refractivity contribution in [2.45, 2.75) is 26.8 Å². The van der Waals surface area contributed by atoms with Gasteiger partial charge in [0.25, 0.3) is 0 Å². The van der Waals surface area contributed by atoms with Crippen molar-refractivity contribution < 1.29 is 8.83 Å². The first-order valence-corrected chi connectivity index (χ1v) is 5.50. The molecule has 0 radical (unpaired) electrons. The van der Waals surface area contributed by atoms with Gasteiger partial charge in [-0.15, -0.1) is 0 Å². The molecule has 2 aromatic heterocycles. The summed E-state index contributed by atoms with van der Waals surface area (Å²) in [6.45, 7) is 5.68. The molecule has 0 aliphatic heterocycles. The molecule has 0 fully saturated rings. The maximum Gasteiger partial charge on any atom is 0.208 e. The Morgan fingerprint density at radius 3 is 3.00 bits per heavy atom. The number of nitrogens with zero attached hydrogens (tertiary/aromatic N) is 1. The molecule has 0 aromatic carbocycles. The first kappa shape index (κ1) is 11.0. The second-order valence-corrected chi connectivity index (χ2v) is 3.74. The number of oxazole rings is 1. The molecule has 1 N–H and O–H groups in total. The molecular formula is C12H16N2O2. The Labute approximate surface area is 94.7 Å². The monoisotopic (exact) mass is 220 g/mol. The van der Waals surface area contributed by atoms with Crippen LogP contribution in [0, 0.1) is 6.92 Å². The largest absolute Gasteiger partial charge is 0.469 e. The zero-order valence-electron chi connectivity index (χ0n) is 9.62. The highest BCUT2D eigenvalue weighted by atomic mass is 16.4. The molecule has 0 atom stereocenters. The van der Waals surface area contributed by atoms with Gasteiger partial charge in [0.15, 0.2) is 5.76 Å². The fraction of sp³-hybridized carbons (Fsp3) is 0.417. The van der Waals surface area contributed by atoms with Gasteiger partial charge in [0.05, 0.1) is 18.3 Å². The van der Waals surface area contributed by atoms with Gasteiger partial charge in [-0.2, -0.15) is 0 Å². The van der Waals surface area contributed by atoms with E-state index in [1.165, 1.54) is 0 Å². The zero-order chi connectivity index (χ0) is 11.4. The molecule has 86 valence electrons. The van der Waals surface area contributed by atoms with E-state index in [4.69, 9.17) is 8.83 Å². The van der Waals surface area contributed by atoms with Crippen molar-refractivity contribution in [1.82, 2.24) is 10.3 Å². The Morgan fingerprint density at radius 2 is 2.31 bits per heavy atom. The summed E-state index contributed by atoms with van der Waals surface area (Å²) in [6.07, 6.45) is 4.51. The van der Waals surface area contributed by atoms with E-state index >= 15 is 0 Å². The summed E-state index contributed by atoms with van der Waals surface area (Å²) in [5.74, 6) is 2.34. The molecule has 2 rings (SSSR count). The van der Waals surface area contributed by atoms with Crippen LogP contribution in [-0.4, -0.2) is 11.5 Å². The van der Waals surface area contributed by atoms with E-state index < -0.39 is 0 Å². The highest BCUT2D eigenvalue weighted by molar-refractivity contribution is 5.55. The maximum atomic E-state index is 5.60. The highest BCUT2D eigenvalue weighted by Gasteiger charge is 2.07. The Balaban J connectivity index is 2.02. The van der Waals surface area contributed by atoms with Crippen molar-refractivity contribution in [1.29, 1.82) is 0 Å². The van der Waals surface area contributed by atoms with Gasteiger partial charge in [-0.1, -0.05) is 6.92 Å². The summed E-state index contributed by atoms with van der Waals surface area (Å²) in [7, 11) is 0. The van der Waals surface area contributed by atoms with Crippen LogP contribution >= 0.6 is 0 Å². The van der Waals surface area contributed by atoms with Crippen LogP contribution in [0.25, 0.3) is 11.3 Å². The molecule has 0 aliphatic rings. The summed E-state index contributed by atoms with van der Waals surface area (Å²) in [5, 5.41) is 3.24. The Bertz CT molecular complexity index is 445.